The van der Waals surface area contributed by atoms with Gasteiger partial charge in [-0.3, -0.25) is 0 Å². The molecule has 2 aromatic heterocycles. The van der Waals surface area contributed by atoms with Crippen LogP contribution in [0.3, 0.4) is 0 Å². The number of aromatic carboxylic acids is 1. The molecular formula is C24H21F5N6O2. The second-order valence-corrected chi connectivity index (χ2v) is 8.25. The monoisotopic (exact) mass is 520 g/mol. The van der Waals surface area contributed by atoms with E-state index in [4.69, 9.17) is 0 Å². The maximum atomic E-state index is 14.2. The Labute approximate surface area is 207 Å². The van der Waals surface area contributed by atoms with Crippen LogP contribution in [0.1, 0.15) is 40.9 Å². The summed E-state index contributed by atoms with van der Waals surface area (Å²) in [6.45, 7) is 1.50. The van der Waals surface area contributed by atoms with Crippen LogP contribution in [0.4, 0.5) is 22.0 Å². The SMILES string of the molecule is CCCc1nc(C(F)(F)C(F)(F)F)c(C(=O)O)n1CCc1ccc(-c2ccccc2)c(-c2nnn[nH]2)c1. The number of aromatic amines is 1. The van der Waals surface area contributed by atoms with Gasteiger partial charge in [-0.2, -0.15) is 22.0 Å². The van der Waals surface area contributed by atoms with Crippen molar-refractivity contribution in [3.8, 4) is 22.5 Å². The largest absolute Gasteiger partial charge is 0.477 e. The molecule has 0 bridgehead atoms. The number of carboxylic acids is 1. The summed E-state index contributed by atoms with van der Waals surface area (Å²) >= 11 is 0. The van der Waals surface area contributed by atoms with Crippen molar-refractivity contribution >= 4 is 5.97 Å². The normalized spacial score (nSPS) is 12.2. The van der Waals surface area contributed by atoms with E-state index < -0.39 is 29.5 Å². The van der Waals surface area contributed by atoms with Crippen molar-refractivity contribution in [2.45, 2.75) is 44.8 Å². The smallest absolute Gasteiger partial charge is 0.459 e. The number of nitrogens with zero attached hydrogens (tertiary/aromatic N) is 5. The molecule has 4 aromatic rings. The fourth-order valence-corrected chi connectivity index (χ4v) is 4.05. The molecule has 0 unspecified atom stereocenters. The molecule has 0 aliphatic rings. The van der Waals surface area contributed by atoms with Crippen LogP contribution < -0.4 is 0 Å². The molecule has 0 spiro atoms. The van der Waals surface area contributed by atoms with Crippen molar-refractivity contribution in [2.75, 3.05) is 0 Å². The second-order valence-electron chi connectivity index (χ2n) is 8.25. The predicted octanol–water partition coefficient (Wildman–Crippen LogP) is 5.28. The molecule has 194 valence electrons. The Hall–Kier alpha value is -4.16. The molecule has 2 heterocycles. The van der Waals surface area contributed by atoms with Crippen molar-refractivity contribution in [3.63, 3.8) is 0 Å². The summed E-state index contributed by atoms with van der Waals surface area (Å²) in [5, 5.41) is 23.5. The van der Waals surface area contributed by atoms with Crippen LogP contribution in [0.15, 0.2) is 48.5 Å². The number of aryl methyl sites for hydroxylation is 2. The fourth-order valence-electron chi connectivity index (χ4n) is 4.05. The number of hydrogen-bond donors (Lipinski definition) is 2. The van der Waals surface area contributed by atoms with Crippen LogP contribution in [-0.2, 0) is 25.3 Å². The standard InChI is InChI=1S/C24H21F5N6O2/c1-2-6-18-30-20(23(25,26)24(27,28)29)19(22(36)37)35(18)12-11-14-9-10-16(15-7-4-3-5-8-15)17(13-14)21-31-33-34-32-21/h3-5,7-10,13H,2,6,11-12H2,1H3,(H,36,37)(H,31,32,33,34). The highest BCUT2D eigenvalue weighted by atomic mass is 19.4. The third-order valence-electron chi connectivity index (χ3n) is 5.77. The third-order valence-corrected chi connectivity index (χ3v) is 5.77. The summed E-state index contributed by atoms with van der Waals surface area (Å²) < 4.78 is 68.6. The van der Waals surface area contributed by atoms with Gasteiger partial charge in [0, 0.05) is 18.5 Å². The van der Waals surface area contributed by atoms with Gasteiger partial charge >= 0.3 is 18.1 Å². The summed E-state index contributed by atoms with van der Waals surface area (Å²) in [7, 11) is 0. The van der Waals surface area contributed by atoms with Crippen LogP contribution in [0.2, 0.25) is 0 Å². The van der Waals surface area contributed by atoms with Crippen LogP contribution in [0.5, 0.6) is 0 Å². The molecule has 0 amide bonds. The lowest BCUT2D eigenvalue weighted by molar-refractivity contribution is -0.291. The molecule has 8 nitrogen and oxygen atoms in total. The summed E-state index contributed by atoms with van der Waals surface area (Å²) in [6, 6.07) is 14.7. The lowest BCUT2D eigenvalue weighted by Gasteiger charge is -2.18. The van der Waals surface area contributed by atoms with Gasteiger partial charge in [-0.05, 0) is 46.0 Å². The number of carbonyl (C=O) groups is 1. The van der Waals surface area contributed by atoms with E-state index in [-0.39, 0.29) is 25.2 Å². The predicted molar refractivity (Wildman–Crippen MR) is 122 cm³/mol. The lowest BCUT2D eigenvalue weighted by Crippen LogP contribution is -2.35. The van der Waals surface area contributed by atoms with Gasteiger partial charge in [-0.15, -0.1) is 5.10 Å². The number of carboxylic acid groups (broad SMARTS) is 1. The average molecular weight is 520 g/mol. The molecule has 0 atom stereocenters. The Balaban J connectivity index is 1.74. The number of halogens is 5. The van der Waals surface area contributed by atoms with Crippen molar-refractivity contribution in [1.29, 1.82) is 0 Å². The number of imidazole rings is 1. The lowest BCUT2D eigenvalue weighted by atomic mass is 9.96. The number of aromatic nitrogens is 6. The third kappa shape index (κ3) is 5.06. The summed E-state index contributed by atoms with van der Waals surface area (Å²) in [6.07, 6.45) is -5.49. The number of benzene rings is 2. The Morgan fingerprint density at radius 3 is 2.35 bits per heavy atom. The van der Waals surface area contributed by atoms with E-state index in [1.165, 1.54) is 0 Å². The molecule has 0 saturated heterocycles. The molecule has 0 aliphatic carbocycles. The van der Waals surface area contributed by atoms with Gasteiger partial charge in [0.15, 0.2) is 17.2 Å². The van der Waals surface area contributed by atoms with Gasteiger partial charge in [0.1, 0.15) is 5.82 Å². The molecule has 13 heteroatoms. The first-order chi connectivity index (χ1) is 17.5. The van der Waals surface area contributed by atoms with Crippen LogP contribution in [-0.4, -0.2) is 47.4 Å². The molecular weight excluding hydrogens is 499 g/mol. The highest BCUT2D eigenvalue weighted by molar-refractivity contribution is 5.87. The van der Waals surface area contributed by atoms with E-state index >= 15 is 0 Å². The van der Waals surface area contributed by atoms with Crippen molar-refractivity contribution < 1.29 is 31.9 Å². The Kier molecular flexibility index (Phi) is 7.05. The minimum atomic E-state index is -5.99. The summed E-state index contributed by atoms with van der Waals surface area (Å²) in [5.41, 5.74) is -0.00304. The van der Waals surface area contributed by atoms with E-state index in [1.54, 1.807) is 19.1 Å². The van der Waals surface area contributed by atoms with E-state index in [2.05, 4.69) is 25.6 Å². The molecule has 0 fully saturated rings. The Bertz CT molecular complexity index is 1380. The van der Waals surface area contributed by atoms with Gasteiger partial charge in [0.05, 0.1) is 0 Å². The number of alkyl halides is 5. The zero-order valence-corrected chi connectivity index (χ0v) is 19.4. The molecule has 2 aromatic carbocycles. The van der Waals surface area contributed by atoms with E-state index in [9.17, 15) is 31.9 Å². The van der Waals surface area contributed by atoms with Crippen LogP contribution >= 0.6 is 0 Å². The van der Waals surface area contributed by atoms with Crippen LogP contribution in [0, 0.1) is 0 Å². The van der Waals surface area contributed by atoms with Gasteiger partial charge < -0.3 is 9.67 Å². The fraction of sp³-hybridized carbons (Fsp3) is 0.292. The van der Waals surface area contributed by atoms with Crippen molar-refractivity contribution in [3.05, 3.63) is 71.3 Å². The Morgan fingerprint density at radius 2 is 1.76 bits per heavy atom. The average Bonchev–Trinajstić information content (AvgIpc) is 3.51. The zero-order chi connectivity index (χ0) is 26.8. The highest BCUT2D eigenvalue weighted by Crippen LogP contribution is 2.45. The number of H-pyrrole nitrogens is 1. The maximum absolute atomic E-state index is 14.2. The first kappa shape index (κ1) is 25.9. The van der Waals surface area contributed by atoms with Crippen molar-refractivity contribution in [2.24, 2.45) is 0 Å². The molecule has 0 radical (unpaired) electrons. The highest BCUT2D eigenvalue weighted by Gasteiger charge is 2.62. The summed E-state index contributed by atoms with van der Waals surface area (Å²) in [5.74, 6) is -7.12. The number of hydrogen-bond acceptors (Lipinski definition) is 5. The van der Waals surface area contributed by atoms with Gasteiger partial charge in [0.25, 0.3) is 0 Å². The molecule has 2 N–H and O–H groups in total. The molecule has 4 rings (SSSR count). The molecule has 0 saturated carbocycles. The quantitative estimate of drug-likeness (QED) is 0.291. The van der Waals surface area contributed by atoms with Crippen LogP contribution in [0.25, 0.3) is 22.5 Å². The molecule has 37 heavy (non-hydrogen) atoms. The maximum Gasteiger partial charge on any atom is 0.459 e. The van der Waals surface area contributed by atoms with E-state index in [0.717, 1.165) is 15.7 Å². The Morgan fingerprint density at radius 1 is 1.03 bits per heavy atom. The minimum absolute atomic E-state index is 0.0240. The first-order valence-corrected chi connectivity index (χ1v) is 11.2. The first-order valence-electron chi connectivity index (χ1n) is 11.2. The van der Waals surface area contributed by atoms with Gasteiger partial charge in [0.2, 0.25) is 0 Å². The van der Waals surface area contributed by atoms with Gasteiger partial charge in [-0.1, -0.05) is 49.4 Å². The molecule has 0 aliphatic heterocycles. The van der Waals surface area contributed by atoms with Crippen molar-refractivity contribution in [1.82, 2.24) is 30.2 Å². The second kappa shape index (κ2) is 10.1. The summed E-state index contributed by atoms with van der Waals surface area (Å²) in [4.78, 5) is 15.3. The van der Waals surface area contributed by atoms with E-state index in [1.807, 2.05) is 36.4 Å². The topological polar surface area (TPSA) is 110 Å². The van der Waals surface area contributed by atoms with Gasteiger partial charge in [-0.25, -0.2) is 14.9 Å². The zero-order valence-electron chi connectivity index (χ0n) is 19.4. The number of nitrogens with one attached hydrogen (secondary N) is 1. The number of rotatable bonds is 9. The minimum Gasteiger partial charge on any atom is -0.477 e. The number of tetrazole rings is 1. The van der Waals surface area contributed by atoms with E-state index in [0.29, 0.717) is 23.4 Å².